The third kappa shape index (κ3) is 3.76. The molecule has 0 aliphatic carbocycles. The van der Waals surface area contributed by atoms with Gasteiger partial charge in [-0.25, -0.2) is 4.79 Å². The van der Waals surface area contributed by atoms with E-state index in [2.05, 4.69) is 4.74 Å². The molecular formula is C20H20F3NO4. The van der Waals surface area contributed by atoms with Gasteiger partial charge in [0.2, 0.25) is 0 Å². The molecule has 28 heavy (non-hydrogen) atoms. The summed E-state index contributed by atoms with van der Waals surface area (Å²) in [5.74, 6) is -2.52. The Labute approximate surface area is 160 Å². The molecule has 0 radical (unpaired) electrons. The Morgan fingerprint density at radius 3 is 2.36 bits per heavy atom. The Bertz CT molecular complexity index is 830. The fourth-order valence-electron chi connectivity index (χ4n) is 3.74. The molecule has 0 N–H and O–H groups in total. The monoisotopic (exact) mass is 395 g/mol. The molecule has 0 unspecified atom stereocenters. The van der Waals surface area contributed by atoms with Crippen molar-refractivity contribution in [3.05, 3.63) is 48.2 Å². The van der Waals surface area contributed by atoms with E-state index in [9.17, 15) is 22.8 Å². The number of halogens is 3. The van der Waals surface area contributed by atoms with Crippen molar-refractivity contribution in [2.75, 3.05) is 7.11 Å². The highest BCUT2D eigenvalue weighted by Gasteiger charge is 2.51. The Hall–Kier alpha value is -2.77. The van der Waals surface area contributed by atoms with Crippen molar-refractivity contribution in [3.63, 3.8) is 0 Å². The van der Waals surface area contributed by atoms with Crippen molar-refractivity contribution in [2.45, 2.75) is 38.0 Å². The quantitative estimate of drug-likeness (QED) is 0.725. The Kier molecular flexibility index (Phi) is 5.49. The Balaban J connectivity index is 2.01. The third-order valence-electron chi connectivity index (χ3n) is 5.08. The maximum atomic E-state index is 13.3. The number of carbonyl (C=O) groups excluding carboxylic acids is 2. The number of nitrogens with zero attached hydrogens (tertiary/aromatic N) is 1. The molecule has 1 aromatic heterocycles. The summed E-state index contributed by atoms with van der Waals surface area (Å²) in [6, 6.07) is 8.10. The number of rotatable bonds is 3. The van der Waals surface area contributed by atoms with Crippen LogP contribution in [0, 0.1) is 5.92 Å². The van der Waals surface area contributed by atoms with E-state index >= 15 is 0 Å². The number of methoxy groups -OCH3 is 1. The summed E-state index contributed by atoms with van der Waals surface area (Å²) >= 11 is 0. The van der Waals surface area contributed by atoms with E-state index in [1.807, 2.05) is 0 Å². The molecule has 1 aliphatic rings. The Morgan fingerprint density at radius 1 is 1.14 bits per heavy atom. The van der Waals surface area contributed by atoms with Crippen LogP contribution in [-0.4, -0.2) is 36.1 Å². The van der Waals surface area contributed by atoms with Gasteiger partial charge in [0.1, 0.15) is 11.8 Å². The molecule has 2 heterocycles. The molecule has 3 rings (SSSR count). The molecule has 3 atom stereocenters. The maximum absolute atomic E-state index is 13.3. The fourth-order valence-corrected chi connectivity index (χ4v) is 3.74. The third-order valence-corrected chi connectivity index (χ3v) is 5.08. The molecular weight excluding hydrogens is 375 g/mol. The number of benzene rings is 1. The van der Waals surface area contributed by atoms with Crippen LogP contribution < -0.4 is 0 Å². The number of hydrogen-bond acceptors (Lipinski definition) is 4. The molecule has 1 aromatic carbocycles. The topological polar surface area (TPSA) is 59.8 Å². The van der Waals surface area contributed by atoms with E-state index < -0.39 is 30.1 Å². The molecule has 1 aliphatic heterocycles. The number of furan rings is 1. The standard InChI is InChI=1S/C20H20F3NO4/c1-12-5-10-15(18(25)27-2)24(19(26)20(21,22)23)17(12)14-8-6-13(7-9-14)16-4-3-11-28-16/h3-4,6-9,11-12,15,17H,5,10H2,1-2H3/t12-,15+,17-/m1/s1. The lowest BCUT2D eigenvalue weighted by molar-refractivity contribution is -0.197. The molecule has 2 aromatic rings. The SMILES string of the molecule is COC(=O)[C@@H]1CC[C@@H](C)[C@H](c2ccc(-c3ccco3)cc2)N1C(=O)C(F)(F)F. The van der Waals surface area contributed by atoms with E-state index in [0.717, 1.165) is 12.7 Å². The minimum absolute atomic E-state index is 0.122. The van der Waals surface area contributed by atoms with E-state index in [0.29, 0.717) is 22.6 Å². The normalized spacial score (nSPS) is 22.8. The summed E-state index contributed by atoms with van der Waals surface area (Å²) in [6.45, 7) is 1.77. The zero-order valence-corrected chi connectivity index (χ0v) is 15.4. The number of carbonyl (C=O) groups is 2. The van der Waals surface area contributed by atoms with Crippen molar-refractivity contribution in [3.8, 4) is 11.3 Å². The van der Waals surface area contributed by atoms with Gasteiger partial charge in [-0.1, -0.05) is 31.2 Å². The summed E-state index contributed by atoms with van der Waals surface area (Å²) in [5, 5.41) is 0. The predicted molar refractivity (Wildman–Crippen MR) is 94.0 cm³/mol. The molecule has 0 spiro atoms. The summed E-state index contributed by atoms with van der Waals surface area (Å²) in [6.07, 6.45) is -2.95. The van der Waals surface area contributed by atoms with E-state index in [-0.39, 0.29) is 12.3 Å². The molecule has 1 amide bonds. The number of likely N-dealkylation sites (tertiary alicyclic amines) is 1. The van der Waals surface area contributed by atoms with E-state index in [4.69, 9.17) is 4.42 Å². The van der Waals surface area contributed by atoms with Crippen LogP contribution in [0.15, 0.2) is 47.1 Å². The number of amides is 1. The van der Waals surface area contributed by atoms with Gasteiger partial charge in [0, 0.05) is 5.56 Å². The number of alkyl halides is 3. The lowest BCUT2D eigenvalue weighted by atomic mass is 9.82. The highest BCUT2D eigenvalue weighted by molar-refractivity contribution is 5.88. The molecule has 1 fully saturated rings. The maximum Gasteiger partial charge on any atom is 0.471 e. The number of hydrogen-bond donors (Lipinski definition) is 0. The highest BCUT2D eigenvalue weighted by Crippen LogP contribution is 2.41. The van der Waals surface area contributed by atoms with Crippen LogP contribution in [0.25, 0.3) is 11.3 Å². The van der Waals surface area contributed by atoms with Gasteiger partial charge >= 0.3 is 18.1 Å². The largest absolute Gasteiger partial charge is 0.471 e. The summed E-state index contributed by atoms with van der Waals surface area (Å²) in [4.78, 5) is 25.0. The van der Waals surface area contributed by atoms with Crippen molar-refractivity contribution >= 4 is 11.9 Å². The average molecular weight is 395 g/mol. The van der Waals surface area contributed by atoms with Crippen LogP contribution in [0.2, 0.25) is 0 Å². The smallest absolute Gasteiger partial charge is 0.467 e. The summed E-state index contributed by atoms with van der Waals surface area (Å²) in [5.41, 5.74) is 1.28. The van der Waals surface area contributed by atoms with Crippen LogP contribution in [-0.2, 0) is 14.3 Å². The first-order valence-corrected chi connectivity index (χ1v) is 8.85. The van der Waals surface area contributed by atoms with Crippen LogP contribution in [0.5, 0.6) is 0 Å². The summed E-state index contributed by atoms with van der Waals surface area (Å²) < 4.78 is 49.8. The van der Waals surface area contributed by atoms with Crippen LogP contribution >= 0.6 is 0 Å². The van der Waals surface area contributed by atoms with Crippen molar-refractivity contribution in [2.24, 2.45) is 5.92 Å². The molecule has 1 saturated heterocycles. The lowest BCUT2D eigenvalue weighted by Gasteiger charge is -2.44. The second kappa shape index (κ2) is 7.69. The first kappa shape index (κ1) is 20.0. The van der Waals surface area contributed by atoms with Crippen molar-refractivity contribution in [1.82, 2.24) is 4.90 Å². The number of esters is 1. The van der Waals surface area contributed by atoms with Gasteiger partial charge in [0.05, 0.1) is 19.4 Å². The van der Waals surface area contributed by atoms with Crippen LogP contribution in [0.4, 0.5) is 13.2 Å². The Morgan fingerprint density at radius 2 is 1.82 bits per heavy atom. The minimum atomic E-state index is -5.09. The second-order valence-electron chi connectivity index (χ2n) is 6.85. The second-order valence-corrected chi connectivity index (χ2v) is 6.85. The molecule has 5 nitrogen and oxygen atoms in total. The van der Waals surface area contributed by atoms with Gasteiger partial charge in [-0.2, -0.15) is 13.2 Å². The van der Waals surface area contributed by atoms with Gasteiger partial charge in [-0.3, -0.25) is 4.79 Å². The van der Waals surface area contributed by atoms with Gasteiger partial charge in [0.15, 0.2) is 0 Å². The highest BCUT2D eigenvalue weighted by atomic mass is 19.4. The first-order valence-electron chi connectivity index (χ1n) is 8.85. The number of piperidine rings is 1. The minimum Gasteiger partial charge on any atom is -0.467 e. The van der Waals surface area contributed by atoms with E-state index in [1.54, 1.807) is 43.3 Å². The molecule has 0 bridgehead atoms. The van der Waals surface area contributed by atoms with Gasteiger partial charge in [-0.15, -0.1) is 0 Å². The van der Waals surface area contributed by atoms with Crippen molar-refractivity contribution in [1.29, 1.82) is 0 Å². The fraction of sp³-hybridized carbons (Fsp3) is 0.400. The van der Waals surface area contributed by atoms with E-state index in [1.165, 1.54) is 6.26 Å². The van der Waals surface area contributed by atoms with Crippen LogP contribution in [0.1, 0.15) is 31.4 Å². The zero-order chi connectivity index (χ0) is 20.5. The first-order chi connectivity index (χ1) is 13.2. The molecule has 0 saturated carbocycles. The summed E-state index contributed by atoms with van der Waals surface area (Å²) in [7, 11) is 1.10. The molecule has 150 valence electrons. The van der Waals surface area contributed by atoms with Gasteiger partial charge in [0.25, 0.3) is 0 Å². The van der Waals surface area contributed by atoms with Crippen molar-refractivity contribution < 1.29 is 31.9 Å². The number of ether oxygens (including phenoxy) is 1. The molecule has 8 heteroatoms. The van der Waals surface area contributed by atoms with Gasteiger partial charge in [-0.05, 0) is 36.5 Å². The predicted octanol–water partition coefficient (Wildman–Crippen LogP) is 4.35. The van der Waals surface area contributed by atoms with Crippen LogP contribution in [0.3, 0.4) is 0 Å². The average Bonchev–Trinajstić information content (AvgIpc) is 3.20. The lowest BCUT2D eigenvalue weighted by Crippen LogP contribution is -2.56. The zero-order valence-electron chi connectivity index (χ0n) is 15.4. The van der Waals surface area contributed by atoms with Gasteiger partial charge < -0.3 is 14.1 Å².